The number of nitrogens with one attached hydrogen (secondary N) is 1. The van der Waals surface area contributed by atoms with Crippen molar-refractivity contribution < 1.29 is 17.9 Å². The zero-order valence-corrected chi connectivity index (χ0v) is 18.8. The zero-order chi connectivity index (χ0) is 20.4. The Kier molecular flexibility index (Phi) is 4.92. The number of rotatable bonds is 3. The Hall–Kier alpha value is -0.650. The second-order valence-corrected chi connectivity index (χ2v) is 12.6. The lowest BCUT2D eigenvalue weighted by Gasteiger charge is -2.64. The molecule has 158 valence electrons. The summed E-state index contributed by atoms with van der Waals surface area (Å²) in [6.45, 7) is 11.3. The van der Waals surface area contributed by atoms with Crippen LogP contribution in [0.2, 0.25) is 0 Å². The molecule has 0 saturated heterocycles. The van der Waals surface area contributed by atoms with Crippen LogP contribution in [-0.2, 0) is 10.1 Å². The van der Waals surface area contributed by atoms with Gasteiger partial charge in [0.15, 0.2) is 0 Å². The molecule has 5 atom stereocenters. The third-order valence-electron chi connectivity index (χ3n) is 9.08. The Labute approximate surface area is 171 Å². The molecule has 0 radical (unpaired) electrons. The summed E-state index contributed by atoms with van der Waals surface area (Å²) in [6.07, 6.45) is 13.7. The van der Waals surface area contributed by atoms with Crippen molar-refractivity contribution in [3.8, 4) is 0 Å². The number of hydrogen-bond acceptors (Lipinski definition) is 3. The number of allylic oxidation sites excluding steroid dienone is 2. The fraction of sp³-hybridized carbons (Fsp3) is 0.826. The third-order valence-corrected chi connectivity index (χ3v) is 9.78. The van der Waals surface area contributed by atoms with Crippen molar-refractivity contribution in [1.82, 2.24) is 0 Å². The van der Waals surface area contributed by atoms with Crippen LogP contribution in [0.4, 0.5) is 0 Å². The van der Waals surface area contributed by atoms with Crippen LogP contribution in [0.1, 0.15) is 72.6 Å². The average Bonchev–Trinajstić information content (AvgIpc) is 2.58. The smallest absolute Gasteiger partial charge is 0.101 e. The SMILES string of the molecule is CC1(C)CCC[C@@]2(C)C1CC[C@@]1(C)C3=CC[NH+](CCS(=O)(=O)[O-])C=C3CCC21. The maximum Gasteiger partial charge on any atom is 0.101 e. The molecule has 0 aromatic carbocycles. The summed E-state index contributed by atoms with van der Waals surface area (Å²) in [5.41, 5.74) is 4.09. The van der Waals surface area contributed by atoms with Gasteiger partial charge in [-0.1, -0.05) is 34.1 Å². The molecule has 1 aliphatic heterocycles. The van der Waals surface area contributed by atoms with Gasteiger partial charge in [0.05, 0.1) is 18.5 Å². The van der Waals surface area contributed by atoms with E-state index in [2.05, 4.69) is 40.0 Å². The fourth-order valence-corrected chi connectivity index (χ4v) is 8.42. The maximum absolute atomic E-state index is 11.0. The molecular formula is C23H37NO3S. The van der Waals surface area contributed by atoms with Crippen molar-refractivity contribution in [1.29, 1.82) is 0 Å². The van der Waals surface area contributed by atoms with Crippen molar-refractivity contribution >= 4 is 10.1 Å². The molecule has 0 amide bonds. The van der Waals surface area contributed by atoms with Crippen LogP contribution >= 0.6 is 0 Å². The minimum atomic E-state index is -4.14. The van der Waals surface area contributed by atoms with Gasteiger partial charge >= 0.3 is 0 Å². The largest absolute Gasteiger partial charge is 0.748 e. The molecule has 28 heavy (non-hydrogen) atoms. The van der Waals surface area contributed by atoms with Crippen molar-refractivity contribution in [3.05, 3.63) is 23.4 Å². The fourth-order valence-electron chi connectivity index (χ4n) is 7.90. The Morgan fingerprint density at radius 1 is 1.11 bits per heavy atom. The van der Waals surface area contributed by atoms with E-state index in [1.54, 1.807) is 5.57 Å². The van der Waals surface area contributed by atoms with Crippen molar-refractivity contribution in [2.24, 2.45) is 28.1 Å². The van der Waals surface area contributed by atoms with E-state index in [-0.39, 0.29) is 11.2 Å². The third kappa shape index (κ3) is 3.31. The normalized spacial score (nSPS) is 42.5. The lowest BCUT2D eigenvalue weighted by atomic mass is 9.40. The first-order chi connectivity index (χ1) is 13.0. The number of fused-ring (bicyclic) bond motifs is 5. The molecule has 3 unspecified atom stereocenters. The molecular weight excluding hydrogens is 370 g/mol. The summed E-state index contributed by atoms with van der Waals surface area (Å²) in [5, 5.41) is 0. The summed E-state index contributed by atoms with van der Waals surface area (Å²) >= 11 is 0. The van der Waals surface area contributed by atoms with E-state index in [1.807, 2.05) is 0 Å². The number of hydrogen-bond donors (Lipinski definition) is 1. The summed E-state index contributed by atoms with van der Waals surface area (Å²) in [7, 11) is -4.14. The molecule has 0 aromatic heterocycles. The minimum absolute atomic E-state index is 0.249. The van der Waals surface area contributed by atoms with Crippen LogP contribution in [0.15, 0.2) is 23.4 Å². The van der Waals surface area contributed by atoms with E-state index in [0.717, 1.165) is 29.7 Å². The predicted molar refractivity (Wildman–Crippen MR) is 111 cm³/mol. The van der Waals surface area contributed by atoms with Gasteiger partial charge in [-0.2, -0.15) is 0 Å². The highest BCUT2D eigenvalue weighted by Gasteiger charge is 2.60. The first-order valence-corrected chi connectivity index (χ1v) is 12.7. The van der Waals surface area contributed by atoms with Crippen LogP contribution in [0.5, 0.6) is 0 Å². The van der Waals surface area contributed by atoms with Gasteiger partial charge in [-0.15, -0.1) is 0 Å². The van der Waals surface area contributed by atoms with Crippen LogP contribution < -0.4 is 4.90 Å². The van der Waals surface area contributed by atoms with Gasteiger partial charge in [0.2, 0.25) is 0 Å². The van der Waals surface area contributed by atoms with E-state index in [0.29, 0.717) is 17.4 Å². The molecule has 4 aliphatic rings. The highest BCUT2D eigenvalue weighted by molar-refractivity contribution is 7.85. The highest BCUT2D eigenvalue weighted by Crippen LogP contribution is 2.68. The predicted octanol–water partition coefficient (Wildman–Crippen LogP) is 3.28. The molecule has 3 aliphatic carbocycles. The summed E-state index contributed by atoms with van der Waals surface area (Å²) in [5.74, 6) is 1.29. The van der Waals surface area contributed by atoms with E-state index < -0.39 is 10.1 Å². The van der Waals surface area contributed by atoms with Gasteiger partial charge in [-0.05, 0) is 78.3 Å². The maximum atomic E-state index is 11.0. The Bertz CT molecular complexity index is 812. The Morgan fingerprint density at radius 2 is 1.86 bits per heavy atom. The summed E-state index contributed by atoms with van der Waals surface area (Å²) in [4.78, 5) is 1.11. The lowest BCUT2D eigenvalue weighted by molar-refractivity contribution is -0.839. The van der Waals surface area contributed by atoms with Crippen LogP contribution in [-0.4, -0.2) is 31.8 Å². The average molecular weight is 408 g/mol. The van der Waals surface area contributed by atoms with E-state index >= 15 is 0 Å². The van der Waals surface area contributed by atoms with Crippen LogP contribution in [0, 0.1) is 28.1 Å². The molecule has 1 N–H and O–H groups in total. The molecule has 0 aromatic rings. The van der Waals surface area contributed by atoms with E-state index in [1.165, 1.54) is 44.1 Å². The molecule has 1 heterocycles. The van der Waals surface area contributed by atoms with E-state index in [9.17, 15) is 13.0 Å². The second kappa shape index (κ2) is 6.68. The van der Waals surface area contributed by atoms with Crippen molar-refractivity contribution in [3.63, 3.8) is 0 Å². The van der Waals surface area contributed by atoms with Gasteiger partial charge in [0.25, 0.3) is 0 Å². The number of quaternary nitrogens is 1. The first-order valence-electron chi connectivity index (χ1n) is 11.2. The zero-order valence-electron chi connectivity index (χ0n) is 18.0. The van der Waals surface area contributed by atoms with Gasteiger partial charge in [0, 0.05) is 5.57 Å². The molecule has 3 saturated carbocycles. The van der Waals surface area contributed by atoms with Crippen molar-refractivity contribution in [2.45, 2.75) is 72.6 Å². The second-order valence-electron chi connectivity index (χ2n) is 11.1. The molecule has 0 spiro atoms. The topological polar surface area (TPSA) is 61.6 Å². The molecule has 0 bridgehead atoms. The summed E-state index contributed by atoms with van der Waals surface area (Å²) in [6, 6.07) is 0. The van der Waals surface area contributed by atoms with Crippen LogP contribution in [0.25, 0.3) is 0 Å². The van der Waals surface area contributed by atoms with Crippen molar-refractivity contribution in [2.75, 3.05) is 18.8 Å². The summed E-state index contributed by atoms with van der Waals surface area (Å²) < 4.78 is 33.0. The standard InChI is InChI=1S/C23H37NO3S/c1-21(2)10-5-11-23(4)19(21)8-12-22(3)18-9-13-24(14-15-28(25,26)27)16-17(18)6-7-20(22)23/h9,16,19-20H,5-8,10-15H2,1-4H3,(H,25,26,27)/t19?,20?,22-,23-/m0/s1. The molecule has 3 fully saturated rings. The van der Waals surface area contributed by atoms with Gasteiger partial charge < -0.3 is 9.45 Å². The van der Waals surface area contributed by atoms with Gasteiger partial charge in [-0.25, -0.2) is 8.42 Å². The highest BCUT2D eigenvalue weighted by atomic mass is 32.2. The van der Waals surface area contributed by atoms with Gasteiger partial charge in [0.1, 0.15) is 16.7 Å². The Balaban J connectivity index is 1.59. The monoisotopic (exact) mass is 407 g/mol. The lowest BCUT2D eigenvalue weighted by Crippen LogP contribution is -3.08. The quantitative estimate of drug-likeness (QED) is 0.730. The van der Waals surface area contributed by atoms with E-state index in [4.69, 9.17) is 0 Å². The van der Waals surface area contributed by atoms with Gasteiger partial charge in [-0.3, -0.25) is 0 Å². The van der Waals surface area contributed by atoms with Crippen LogP contribution in [0.3, 0.4) is 0 Å². The molecule has 5 heteroatoms. The molecule has 4 rings (SSSR count). The molecule has 4 nitrogen and oxygen atoms in total. The first kappa shape index (κ1) is 20.6. The minimum Gasteiger partial charge on any atom is -0.748 e. The Morgan fingerprint density at radius 3 is 2.57 bits per heavy atom.